The van der Waals surface area contributed by atoms with Crippen molar-refractivity contribution in [2.24, 2.45) is 0 Å². The van der Waals surface area contributed by atoms with Gasteiger partial charge in [0.25, 0.3) is 0 Å². The van der Waals surface area contributed by atoms with Crippen LogP contribution in [0.1, 0.15) is 38.2 Å². The lowest BCUT2D eigenvalue weighted by molar-refractivity contribution is -0.137. The predicted octanol–water partition coefficient (Wildman–Crippen LogP) is 3.87. The van der Waals surface area contributed by atoms with E-state index in [4.69, 9.17) is 9.84 Å². The third-order valence-electron chi connectivity index (χ3n) is 4.20. The molecule has 1 saturated heterocycles. The van der Waals surface area contributed by atoms with Gasteiger partial charge in [0.15, 0.2) is 0 Å². The molecule has 0 spiro atoms. The number of amides is 2. The van der Waals surface area contributed by atoms with Crippen LogP contribution in [-0.4, -0.2) is 41.8 Å². The van der Waals surface area contributed by atoms with Gasteiger partial charge < -0.3 is 20.1 Å². The number of alkyl halides is 3. The third-order valence-corrected chi connectivity index (χ3v) is 4.20. The van der Waals surface area contributed by atoms with Crippen molar-refractivity contribution in [3.05, 3.63) is 23.8 Å². The number of aliphatic hydroxyl groups is 1. The smallest absolute Gasteiger partial charge is 0.416 e. The molecule has 1 aromatic rings. The van der Waals surface area contributed by atoms with Crippen LogP contribution >= 0.6 is 0 Å². The van der Waals surface area contributed by atoms with E-state index in [9.17, 15) is 18.0 Å². The van der Waals surface area contributed by atoms with E-state index in [0.29, 0.717) is 13.0 Å². The normalized spacial score (nSPS) is 18.1. The molecule has 0 aromatic heterocycles. The lowest BCUT2D eigenvalue weighted by atomic mass is 10.00. The van der Waals surface area contributed by atoms with Crippen molar-refractivity contribution in [1.82, 2.24) is 4.90 Å². The first-order chi connectivity index (χ1) is 11.9. The molecule has 1 heterocycles. The Hall–Kier alpha value is -1.96. The molecule has 2 rings (SSSR count). The van der Waals surface area contributed by atoms with Crippen LogP contribution in [0.4, 0.5) is 23.7 Å². The Morgan fingerprint density at radius 3 is 2.80 bits per heavy atom. The monoisotopic (exact) mass is 360 g/mol. The first kappa shape index (κ1) is 19.4. The molecule has 0 radical (unpaired) electrons. The summed E-state index contributed by atoms with van der Waals surface area (Å²) < 4.78 is 44.2. The number of anilines is 1. The number of likely N-dealkylation sites (tertiary alicyclic amines) is 1. The molecule has 5 nitrogen and oxygen atoms in total. The van der Waals surface area contributed by atoms with Crippen molar-refractivity contribution in [2.45, 2.75) is 44.8 Å². The number of aliphatic hydroxyl groups excluding tert-OH is 1. The molecule has 1 atom stereocenters. The largest absolute Gasteiger partial charge is 0.492 e. The van der Waals surface area contributed by atoms with Crippen molar-refractivity contribution in [3.63, 3.8) is 0 Å². The summed E-state index contributed by atoms with van der Waals surface area (Å²) in [6.07, 6.45) is -1.49. The van der Waals surface area contributed by atoms with E-state index in [1.165, 1.54) is 6.07 Å². The standard InChI is InChI=1S/C17H23F3N2O3/c1-2-25-15-7-6-12(17(18,19)20)11-14(15)21-16(24)22-9-4-3-5-13(22)8-10-23/h6-7,11,13,23H,2-5,8-10H2,1H3,(H,21,24)/t13-/m0/s1. The molecule has 1 aromatic carbocycles. The molecule has 1 fully saturated rings. The van der Waals surface area contributed by atoms with Gasteiger partial charge in [0.05, 0.1) is 17.9 Å². The summed E-state index contributed by atoms with van der Waals surface area (Å²) in [4.78, 5) is 14.1. The summed E-state index contributed by atoms with van der Waals surface area (Å²) in [5, 5.41) is 11.7. The minimum absolute atomic E-state index is 0.00463. The van der Waals surface area contributed by atoms with Gasteiger partial charge in [-0.2, -0.15) is 13.2 Å². The van der Waals surface area contributed by atoms with E-state index in [0.717, 1.165) is 31.4 Å². The van der Waals surface area contributed by atoms with Crippen molar-refractivity contribution < 1.29 is 27.8 Å². The van der Waals surface area contributed by atoms with Gasteiger partial charge in [0, 0.05) is 19.2 Å². The minimum Gasteiger partial charge on any atom is -0.492 e. The van der Waals surface area contributed by atoms with E-state index in [2.05, 4.69) is 5.32 Å². The number of hydrogen-bond acceptors (Lipinski definition) is 3. The molecule has 1 aliphatic rings. The quantitative estimate of drug-likeness (QED) is 0.838. The van der Waals surface area contributed by atoms with Gasteiger partial charge in [0.2, 0.25) is 0 Å². The molecular weight excluding hydrogens is 337 g/mol. The molecule has 1 aliphatic heterocycles. The molecule has 0 saturated carbocycles. The fourth-order valence-electron chi connectivity index (χ4n) is 2.99. The van der Waals surface area contributed by atoms with Crippen LogP contribution in [0.5, 0.6) is 5.75 Å². The number of nitrogens with zero attached hydrogens (tertiary/aromatic N) is 1. The Bertz CT molecular complexity index is 591. The number of urea groups is 1. The summed E-state index contributed by atoms with van der Waals surface area (Å²) in [5.41, 5.74) is -0.855. The zero-order valence-electron chi connectivity index (χ0n) is 14.1. The van der Waals surface area contributed by atoms with Crippen LogP contribution in [0.2, 0.25) is 0 Å². The molecule has 0 bridgehead atoms. The summed E-state index contributed by atoms with van der Waals surface area (Å²) in [7, 11) is 0. The maximum atomic E-state index is 12.9. The summed E-state index contributed by atoms with van der Waals surface area (Å²) in [6, 6.07) is 2.44. The zero-order chi connectivity index (χ0) is 18.4. The average molecular weight is 360 g/mol. The second-order valence-electron chi connectivity index (χ2n) is 5.93. The molecule has 25 heavy (non-hydrogen) atoms. The Kier molecular flexibility index (Phi) is 6.52. The highest BCUT2D eigenvalue weighted by molar-refractivity contribution is 5.91. The van der Waals surface area contributed by atoms with Gasteiger partial charge in [0.1, 0.15) is 5.75 Å². The number of ether oxygens (including phenoxy) is 1. The predicted molar refractivity (Wildman–Crippen MR) is 87.7 cm³/mol. The van der Waals surface area contributed by atoms with Crippen molar-refractivity contribution in [2.75, 3.05) is 25.1 Å². The molecule has 0 aliphatic carbocycles. The minimum atomic E-state index is -4.51. The Balaban J connectivity index is 2.22. The molecular formula is C17H23F3N2O3. The number of rotatable bonds is 5. The Morgan fingerprint density at radius 1 is 1.40 bits per heavy atom. The van der Waals surface area contributed by atoms with Gasteiger partial charge >= 0.3 is 12.2 Å². The van der Waals surface area contributed by atoms with Crippen LogP contribution in [0.15, 0.2) is 18.2 Å². The van der Waals surface area contributed by atoms with Crippen LogP contribution in [0.3, 0.4) is 0 Å². The SMILES string of the molecule is CCOc1ccc(C(F)(F)F)cc1NC(=O)N1CCCC[C@H]1CCO. The number of hydrogen-bond donors (Lipinski definition) is 2. The van der Waals surface area contributed by atoms with Gasteiger partial charge in [-0.1, -0.05) is 0 Å². The maximum absolute atomic E-state index is 12.9. The fraction of sp³-hybridized carbons (Fsp3) is 0.588. The second-order valence-corrected chi connectivity index (χ2v) is 5.93. The Morgan fingerprint density at radius 2 is 2.16 bits per heavy atom. The van der Waals surface area contributed by atoms with Crippen LogP contribution in [0, 0.1) is 0 Å². The number of piperidine rings is 1. The van der Waals surface area contributed by atoms with Crippen LogP contribution < -0.4 is 10.1 Å². The molecule has 2 amide bonds. The van der Waals surface area contributed by atoms with Gasteiger partial charge in [-0.25, -0.2) is 4.79 Å². The number of halogens is 3. The van der Waals surface area contributed by atoms with E-state index in [1.54, 1.807) is 11.8 Å². The number of nitrogens with one attached hydrogen (secondary N) is 1. The highest BCUT2D eigenvalue weighted by Gasteiger charge is 2.32. The van der Waals surface area contributed by atoms with Crippen molar-refractivity contribution in [1.29, 1.82) is 0 Å². The summed E-state index contributed by atoms with van der Waals surface area (Å²) in [6.45, 7) is 2.46. The van der Waals surface area contributed by atoms with Gasteiger partial charge in [-0.3, -0.25) is 0 Å². The Labute approximate surface area is 144 Å². The molecule has 0 unspecified atom stereocenters. The van der Waals surface area contributed by atoms with Gasteiger partial charge in [-0.05, 0) is 50.8 Å². The van der Waals surface area contributed by atoms with E-state index >= 15 is 0 Å². The third kappa shape index (κ3) is 5.01. The topological polar surface area (TPSA) is 61.8 Å². The fourth-order valence-corrected chi connectivity index (χ4v) is 2.99. The second kappa shape index (κ2) is 8.42. The number of carbonyl (C=O) groups is 1. The van der Waals surface area contributed by atoms with Crippen LogP contribution in [0.25, 0.3) is 0 Å². The average Bonchev–Trinajstić information content (AvgIpc) is 2.56. The summed E-state index contributed by atoms with van der Waals surface area (Å²) in [5.74, 6) is 0.194. The van der Waals surface area contributed by atoms with Crippen molar-refractivity contribution in [3.8, 4) is 5.75 Å². The highest BCUT2D eigenvalue weighted by Crippen LogP contribution is 2.35. The lowest BCUT2D eigenvalue weighted by Crippen LogP contribution is -2.46. The van der Waals surface area contributed by atoms with E-state index < -0.39 is 17.8 Å². The van der Waals surface area contributed by atoms with Gasteiger partial charge in [-0.15, -0.1) is 0 Å². The molecule has 2 N–H and O–H groups in total. The number of benzene rings is 1. The van der Waals surface area contributed by atoms with Crippen LogP contribution in [-0.2, 0) is 6.18 Å². The van der Waals surface area contributed by atoms with Crippen molar-refractivity contribution >= 4 is 11.7 Å². The lowest BCUT2D eigenvalue weighted by Gasteiger charge is -2.35. The highest BCUT2D eigenvalue weighted by atomic mass is 19.4. The molecule has 8 heteroatoms. The zero-order valence-corrected chi connectivity index (χ0v) is 14.1. The summed E-state index contributed by atoms with van der Waals surface area (Å²) >= 11 is 0. The van der Waals surface area contributed by atoms with E-state index in [-0.39, 0.29) is 30.7 Å². The molecule has 140 valence electrons. The first-order valence-electron chi connectivity index (χ1n) is 8.39. The number of carbonyl (C=O) groups excluding carboxylic acids is 1. The first-order valence-corrected chi connectivity index (χ1v) is 8.39. The van der Waals surface area contributed by atoms with E-state index in [1.807, 2.05) is 0 Å². The maximum Gasteiger partial charge on any atom is 0.416 e.